The number of nitrogens with one attached hydrogen (secondary N) is 2. The van der Waals surface area contributed by atoms with Crippen molar-refractivity contribution < 1.29 is 5.11 Å². The van der Waals surface area contributed by atoms with Gasteiger partial charge in [-0.25, -0.2) is 0 Å². The second kappa shape index (κ2) is 2.27. The van der Waals surface area contributed by atoms with Crippen molar-refractivity contribution in [2.75, 3.05) is 6.61 Å². The van der Waals surface area contributed by atoms with Gasteiger partial charge in [0.25, 0.3) is 0 Å². The van der Waals surface area contributed by atoms with Crippen LogP contribution in [-0.2, 0) is 0 Å². The van der Waals surface area contributed by atoms with Crippen molar-refractivity contribution in [2.24, 2.45) is 10.2 Å². The molecule has 8 heavy (non-hydrogen) atoms. The zero-order valence-electron chi connectivity index (χ0n) is 4.13. The summed E-state index contributed by atoms with van der Waals surface area (Å²) in [5, 5.41) is 15.5. The van der Waals surface area contributed by atoms with Gasteiger partial charge in [-0.2, -0.15) is 10.2 Å². The minimum absolute atomic E-state index is 0.121. The first-order valence-electron chi connectivity index (χ1n) is 2.14. The van der Waals surface area contributed by atoms with Crippen LogP contribution in [0.4, 0.5) is 0 Å². The fraction of sp³-hybridized carbons (Fsp3) is 0.333. The molecule has 0 spiro atoms. The van der Waals surface area contributed by atoms with Crippen LogP contribution in [0.15, 0.2) is 10.2 Å². The normalized spacial score (nSPS) is 16.4. The molecule has 0 aromatic rings. The molecule has 0 saturated heterocycles. The zero-order valence-corrected chi connectivity index (χ0v) is 4.13. The zero-order chi connectivity index (χ0) is 5.82. The molecule has 1 aliphatic heterocycles. The molecular formula is C3H6N4O. The van der Waals surface area contributed by atoms with E-state index in [0.717, 1.165) is 0 Å². The van der Waals surface area contributed by atoms with Gasteiger partial charge in [-0.05, 0) is 0 Å². The van der Waals surface area contributed by atoms with Crippen LogP contribution in [0, 0.1) is 0 Å². The Hall–Kier alpha value is -1.10. The molecule has 0 saturated carbocycles. The number of hydrogen-bond donors (Lipinski definition) is 3. The van der Waals surface area contributed by atoms with Crippen molar-refractivity contribution in [1.82, 2.24) is 10.9 Å². The minimum Gasteiger partial charge on any atom is -0.388 e. The lowest BCUT2D eigenvalue weighted by Crippen LogP contribution is -2.29. The van der Waals surface area contributed by atoms with Gasteiger partial charge >= 0.3 is 0 Å². The number of rotatable bonds is 1. The summed E-state index contributed by atoms with van der Waals surface area (Å²) in [6.07, 6.45) is 1.39. The Labute approximate surface area is 46.1 Å². The van der Waals surface area contributed by atoms with Crippen LogP contribution in [0.1, 0.15) is 0 Å². The van der Waals surface area contributed by atoms with Gasteiger partial charge in [0.1, 0.15) is 12.9 Å². The van der Waals surface area contributed by atoms with Crippen LogP contribution >= 0.6 is 0 Å². The van der Waals surface area contributed by atoms with E-state index >= 15 is 0 Å². The van der Waals surface area contributed by atoms with E-state index in [9.17, 15) is 0 Å². The summed E-state index contributed by atoms with van der Waals surface area (Å²) in [7, 11) is 0. The molecule has 1 heterocycles. The third kappa shape index (κ3) is 0.941. The largest absolute Gasteiger partial charge is 0.388 e. The van der Waals surface area contributed by atoms with Crippen molar-refractivity contribution in [2.45, 2.75) is 0 Å². The number of aliphatic hydroxyl groups is 1. The Morgan fingerprint density at radius 1 is 1.75 bits per heavy atom. The quantitative estimate of drug-likeness (QED) is 0.385. The average molecular weight is 114 g/mol. The van der Waals surface area contributed by atoms with Crippen LogP contribution in [0.5, 0.6) is 0 Å². The summed E-state index contributed by atoms with van der Waals surface area (Å²) < 4.78 is 0. The SMILES string of the molecule is OCC1=NNC=NN1. The van der Waals surface area contributed by atoms with Gasteiger partial charge < -0.3 is 5.11 Å². The topological polar surface area (TPSA) is 69.0 Å². The van der Waals surface area contributed by atoms with E-state index in [2.05, 4.69) is 21.1 Å². The Balaban J connectivity index is 2.43. The minimum atomic E-state index is -0.121. The lowest BCUT2D eigenvalue weighted by Gasteiger charge is -2.04. The van der Waals surface area contributed by atoms with Crippen LogP contribution in [0.2, 0.25) is 0 Å². The molecule has 0 aromatic carbocycles. The molecule has 5 heteroatoms. The molecule has 0 unspecified atom stereocenters. The first-order chi connectivity index (χ1) is 3.93. The number of amidine groups is 1. The molecule has 5 nitrogen and oxygen atoms in total. The van der Waals surface area contributed by atoms with Gasteiger partial charge in [0, 0.05) is 0 Å². The van der Waals surface area contributed by atoms with Crippen LogP contribution in [0.3, 0.4) is 0 Å². The summed E-state index contributed by atoms with van der Waals surface area (Å²) in [6, 6.07) is 0. The highest BCUT2D eigenvalue weighted by atomic mass is 16.3. The van der Waals surface area contributed by atoms with E-state index in [4.69, 9.17) is 5.11 Å². The lowest BCUT2D eigenvalue weighted by molar-refractivity contribution is 0.352. The van der Waals surface area contributed by atoms with E-state index in [0.29, 0.717) is 5.84 Å². The Morgan fingerprint density at radius 3 is 3.00 bits per heavy atom. The molecule has 0 fully saturated rings. The molecule has 0 aromatic heterocycles. The van der Waals surface area contributed by atoms with E-state index < -0.39 is 0 Å². The first kappa shape index (κ1) is 5.04. The van der Waals surface area contributed by atoms with Gasteiger partial charge in [0.2, 0.25) is 0 Å². The van der Waals surface area contributed by atoms with Crippen molar-refractivity contribution in [1.29, 1.82) is 0 Å². The highest BCUT2D eigenvalue weighted by Gasteiger charge is 1.94. The van der Waals surface area contributed by atoms with Crippen molar-refractivity contribution in [3.63, 3.8) is 0 Å². The number of hydrogen-bond acceptors (Lipinski definition) is 5. The molecular weight excluding hydrogens is 108 g/mol. The van der Waals surface area contributed by atoms with Gasteiger partial charge in [-0.15, -0.1) is 0 Å². The molecule has 44 valence electrons. The molecule has 0 bridgehead atoms. The second-order valence-corrected chi connectivity index (χ2v) is 1.22. The monoisotopic (exact) mass is 114 g/mol. The second-order valence-electron chi connectivity index (χ2n) is 1.22. The Bertz CT molecular complexity index is 129. The molecule has 0 atom stereocenters. The standard InChI is InChI=1S/C3H6N4O/c8-1-3-6-4-2-5-7-3/h2,8H,1H2,(H,4,5)(H,6,7). The predicted octanol–water partition coefficient (Wildman–Crippen LogP) is -1.57. The maximum atomic E-state index is 8.38. The fourth-order valence-electron chi connectivity index (χ4n) is 0.338. The van der Waals surface area contributed by atoms with E-state index in [1.54, 1.807) is 0 Å². The van der Waals surface area contributed by atoms with Crippen molar-refractivity contribution in [3.05, 3.63) is 0 Å². The number of hydrazone groups is 2. The summed E-state index contributed by atoms with van der Waals surface area (Å²) in [5.74, 6) is 0.424. The summed E-state index contributed by atoms with van der Waals surface area (Å²) in [5.41, 5.74) is 4.94. The summed E-state index contributed by atoms with van der Waals surface area (Å²) >= 11 is 0. The first-order valence-corrected chi connectivity index (χ1v) is 2.14. The summed E-state index contributed by atoms with van der Waals surface area (Å²) in [4.78, 5) is 0. The Kier molecular flexibility index (Phi) is 1.43. The van der Waals surface area contributed by atoms with Crippen molar-refractivity contribution in [3.8, 4) is 0 Å². The molecule has 0 amide bonds. The van der Waals surface area contributed by atoms with Crippen molar-refractivity contribution >= 4 is 12.2 Å². The number of nitrogens with zero attached hydrogens (tertiary/aromatic N) is 2. The highest BCUT2D eigenvalue weighted by Crippen LogP contribution is 1.72. The fourth-order valence-corrected chi connectivity index (χ4v) is 0.338. The average Bonchev–Trinajstić information content (AvgIpc) is 1.90. The summed E-state index contributed by atoms with van der Waals surface area (Å²) in [6.45, 7) is -0.121. The maximum Gasteiger partial charge on any atom is 0.168 e. The maximum absolute atomic E-state index is 8.38. The molecule has 1 rings (SSSR count). The lowest BCUT2D eigenvalue weighted by atomic mass is 10.6. The van der Waals surface area contributed by atoms with Crippen LogP contribution < -0.4 is 10.9 Å². The molecule has 3 N–H and O–H groups in total. The molecule has 0 aliphatic carbocycles. The third-order valence-electron chi connectivity index (χ3n) is 0.665. The third-order valence-corrected chi connectivity index (χ3v) is 0.665. The molecule has 0 radical (unpaired) electrons. The number of aliphatic hydroxyl groups excluding tert-OH is 1. The highest BCUT2D eigenvalue weighted by molar-refractivity contribution is 5.85. The smallest absolute Gasteiger partial charge is 0.168 e. The molecule has 1 aliphatic rings. The van der Waals surface area contributed by atoms with Gasteiger partial charge in [-0.1, -0.05) is 0 Å². The predicted molar refractivity (Wildman–Crippen MR) is 29.3 cm³/mol. The van der Waals surface area contributed by atoms with E-state index in [1.165, 1.54) is 6.34 Å². The van der Waals surface area contributed by atoms with Gasteiger partial charge in [-0.3, -0.25) is 10.9 Å². The Morgan fingerprint density at radius 2 is 2.62 bits per heavy atom. The van der Waals surface area contributed by atoms with E-state index in [-0.39, 0.29) is 6.61 Å². The van der Waals surface area contributed by atoms with Crippen LogP contribution in [0.25, 0.3) is 0 Å². The van der Waals surface area contributed by atoms with Crippen LogP contribution in [-0.4, -0.2) is 23.9 Å². The van der Waals surface area contributed by atoms with Gasteiger partial charge in [0.15, 0.2) is 5.84 Å². The van der Waals surface area contributed by atoms with Gasteiger partial charge in [0.05, 0.1) is 0 Å². The van der Waals surface area contributed by atoms with E-state index in [1.807, 2.05) is 0 Å².